The van der Waals surface area contributed by atoms with E-state index in [0.29, 0.717) is 32.1 Å². The van der Waals surface area contributed by atoms with Gasteiger partial charge in [-0.1, -0.05) is 104 Å². The Balaban J connectivity index is 1.03. The highest BCUT2D eigenvalue weighted by Crippen LogP contribution is 2.69. The molecule has 4 aliphatic carbocycles. The predicted molar refractivity (Wildman–Crippen MR) is 254 cm³/mol. The Morgan fingerprint density at radius 2 is 1.46 bits per heavy atom. The fourth-order valence-electron chi connectivity index (χ4n) is 12.8. The van der Waals surface area contributed by atoms with Crippen LogP contribution in [0.1, 0.15) is 202 Å². The molecule has 2 N–H and O–H groups in total. The number of fused-ring (bicyclic) bond motifs is 7. The van der Waals surface area contributed by atoms with E-state index in [1.165, 1.54) is 25.7 Å². The van der Waals surface area contributed by atoms with Gasteiger partial charge in [-0.2, -0.15) is 0 Å². The molecule has 5 rings (SSSR count). The summed E-state index contributed by atoms with van der Waals surface area (Å²) in [5.41, 5.74) is -1.35. The molecule has 0 radical (unpaired) electrons. The maximum Gasteiger partial charge on any atom is 0.306 e. The van der Waals surface area contributed by atoms with Gasteiger partial charge in [0.2, 0.25) is 5.78 Å². The molecule has 0 spiro atoms. The van der Waals surface area contributed by atoms with Gasteiger partial charge in [0.05, 0.1) is 12.2 Å². The number of aliphatic hydroxyl groups excluding tert-OH is 2. The van der Waals surface area contributed by atoms with Crippen LogP contribution in [0.25, 0.3) is 0 Å². The lowest BCUT2D eigenvalue weighted by atomic mass is 9.46. The van der Waals surface area contributed by atoms with Gasteiger partial charge < -0.3 is 34.1 Å². The molecule has 11 nitrogen and oxygen atoms in total. The van der Waals surface area contributed by atoms with E-state index < -0.39 is 34.9 Å². The highest BCUT2D eigenvalue weighted by molar-refractivity contribution is 6.01. The van der Waals surface area contributed by atoms with Gasteiger partial charge in [0, 0.05) is 36.2 Å². The third kappa shape index (κ3) is 13.6. The normalized spacial score (nSPS) is 30.2. The van der Waals surface area contributed by atoms with Crippen molar-refractivity contribution in [2.24, 2.45) is 28.6 Å². The van der Waals surface area contributed by atoms with Crippen LogP contribution in [0.3, 0.4) is 0 Å². The Hall–Kier alpha value is -2.44. The van der Waals surface area contributed by atoms with Crippen LogP contribution in [0.15, 0.2) is 23.8 Å². The third-order valence-electron chi connectivity index (χ3n) is 16.2. The number of ketones is 2. The van der Waals surface area contributed by atoms with Crippen LogP contribution < -0.4 is 0 Å². The molecule has 1 heterocycles. The van der Waals surface area contributed by atoms with Crippen LogP contribution in [-0.4, -0.2) is 102 Å². The van der Waals surface area contributed by atoms with Crippen LogP contribution in [0, 0.1) is 28.6 Å². The number of aliphatic hydroxyl groups is 2. The average molecular weight is 912 g/mol. The van der Waals surface area contributed by atoms with Crippen molar-refractivity contribution in [1.29, 1.82) is 0 Å². The van der Waals surface area contributed by atoms with E-state index in [9.17, 15) is 29.4 Å². The zero-order chi connectivity index (χ0) is 46.9. The molecule has 0 aromatic rings. The molecule has 3 saturated carbocycles. The second-order valence-corrected chi connectivity index (χ2v) is 20.9. The Labute approximate surface area is 392 Å². The van der Waals surface area contributed by atoms with Crippen molar-refractivity contribution in [2.75, 3.05) is 32.8 Å². The first kappa shape index (κ1) is 53.5. The summed E-state index contributed by atoms with van der Waals surface area (Å²) in [4.78, 5) is 55.1. The fraction of sp³-hybridized carbons (Fsp3) is 0.852. The quantitative estimate of drug-likeness (QED) is 0.0491. The number of unbranched alkanes of at least 4 members (excludes halogenated alkanes) is 11. The molecule has 5 aliphatic rings. The molecule has 1 aliphatic heterocycles. The van der Waals surface area contributed by atoms with Crippen LogP contribution in [-0.2, 0) is 38.1 Å². The minimum atomic E-state index is -1.31. The maximum absolute atomic E-state index is 14.6. The Bertz CT molecular complexity index is 1570. The van der Waals surface area contributed by atoms with Crippen molar-refractivity contribution in [3.05, 3.63) is 23.8 Å². The summed E-state index contributed by atoms with van der Waals surface area (Å²) in [5, 5.41) is 21.4. The molecular formula is C54H89NO10. The topological polar surface area (TPSA) is 149 Å². The van der Waals surface area contributed by atoms with Crippen molar-refractivity contribution in [3.8, 4) is 0 Å². The first-order valence-electron chi connectivity index (χ1n) is 26.5. The fourth-order valence-corrected chi connectivity index (χ4v) is 12.8. The minimum Gasteiger partial charge on any atom is -0.462 e. The Morgan fingerprint density at radius 1 is 0.831 bits per heavy atom. The molecule has 370 valence electrons. The molecule has 0 aromatic carbocycles. The zero-order valence-corrected chi connectivity index (χ0v) is 41.3. The van der Waals surface area contributed by atoms with Crippen LogP contribution in [0.5, 0.6) is 0 Å². The Kier molecular flexibility index (Phi) is 21.7. The molecule has 0 amide bonds. The molecule has 0 aromatic heterocycles. The van der Waals surface area contributed by atoms with Gasteiger partial charge in [-0.25, -0.2) is 0 Å². The number of carbonyl (C=O) groups excluding carboxylic acids is 4. The minimum absolute atomic E-state index is 0.00181. The van der Waals surface area contributed by atoms with Crippen LogP contribution in [0.4, 0.5) is 0 Å². The third-order valence-corrected chi connectivity index (χ3v) is 16.2. The van der Waals surface area contributed by atoms with Crippen molar-refractivity contribution in [3.63, 3.8) is 0 Å². The van der Waals surface area contributed by atoms with Crippen LogP contribution >= 0.6 is 0 Å². The number of nitrogens with zero attached hydrogens (tertiary/aromatic N) is 1. The standard InChI is InChI=1S/C54H89NO10/c1-6-9-15-24-42(25-16-10-7-2)63-49(61)27-17-12-11-13-19-32-55(34-21-22-35-56)33-20-14-18-26-48(60)62-39-46(59)54-47(64-50(65-54)23-8-3)37-44-43-29-28-40-36-41(57)30-31-52(40,4)51(43)45(58)38-53(44,54)5/h30-31,36,42-45,47,50-51,56,58H,6-29,32-35,37-39H2,1-5H3. The molecule has 0 bridgehead atoms. The summed E-state index contributed by atoms with van der Waals surface area (Å²) < 4.78 is 24.9. The molecule has 11 heteroatoms. The summed E-state index contributed by atoms with van der Waals surface area (Å²) >= 11 is 0. The number of esters is 2. The van der Waals surface area contributed by atoms with Gasteiger partial charge in [-0.3, -0.25) is 19.2 Å². The van der Waals surface area contributed by atoms with E-state index in [1.807, 2.05) is 6.08 Å². The lowest BCUT2D eigenvalue weighted by Gasteiger charge is -2.59. The van der Waals surface area contributed by atoms with Crippen molar-refractivity contribution < 1.29 is 48.3 Å². The lowest BCUT2D eigenvalue weighted by molar-refractivity contribution is -0.201. The molecule has 9 unspecified atom stereocenters. The maximum atomic E-state index is 14.6. The van der Waals surface area contributed by atoms with Gasteiger partial charge in [-0.05, 0) is 140 Å². The second kappa shape index (κ2) is 26.4. The van der Waals surface area contributed by atoms with Crippen molar-refractivity contribution in [2.45, 2.75) is 232 Å². The molecule has 1 saturated heterocycles. The smallest absolute Gasteiger partial charge is 0.306 e. The predicted octanol–water partition coefficient (Wildman–Crippen LogP) is 10.3. The lowest BCUT2D eigenvalue weighted by Crippen LogP contribution is -2.63. The number of rotatable bonds is 32. The first-order chi connectivity index (χ1) is 31.4. The highest BCUT2D eigenvalue weighted by atomic mass is 16.7. The van der Waals surface area contributed by atoms with E-state index in [2.05, 4.69) is 39.5 Å². The van der Waals surface area contributed by atoms with Crippen LogP contribution in [0.2, 0.25) is 0 Å². The van der Waals surface area contributed by atoms with Crippen molar-refractivity contribution in [1.82, 2.24) is 4.90 Å². The number of allylic oxidation sites excluding steroid dienone is 4. The number of hydrogen-bond acceptors (Lipinski definition) is 11. The van der Waals surface area contributed by atoms with E-state index in [1.54, 1.807) is 12.2 Å². The van der Waals surface area contributed by atoms with Gasteiger partial charge in [0.15, 0.2) is 24.3 Å². The average Bonchev–Trinajstić information content (AvgIpc) is 3.76. The SMILES string of the molecule is CCCCCC(CCCCC)OC(=O)CCCCCCCN(CCCCO)CCCCCC(=O)OCC(=O)C12OC(CCC)OC1CC1C3CCC4=CC(=O)C=CC4(C)C3C(O)CC12C. The van der Waals surface area contributed by atoms with Crippen molar-refractivity contribution >= 4 is 23.5 Å². The summed E-state index contributed by atoms with van der Waals surface area (Å²) in [6.07, 6.45) is 27.0. The number of hydrogen-bond donors (Lipinski definition) is 2. The van der Waals surface area contributed by atoms with E-state index in [0.717, 1.165) is 128 Å². The van der Waals surface area contributed by atoms with E-state index in [4.69, 9.17) is 18.9 Å². The summed E-state index contributed by atoms with van der Waals surface area (Å²) in [7, 11) is 0. The molecular weight excluding hydrogens is 823 g/mol. The van der Waals surface area contributed by atoms with Gasteiger partial charge in [0.25, 0.3) is 0 Å². The Morgan fingerprint density at radius 3 is 2.12 bits per heavy atom. The molecule has 9 atom stereocenters. The monoisotopic (exact) mass is 912 g/mol. The molecule has 4 fully saturated rings. The molecule has 65 heavy (non-hydrogen) atoms. The first-order valence-corrected chi connectivity index (χ1v) is 26.5. The van der Waals surface area contributed by atoms with Gasteiger partial charge in [0.1, 0.15) is 6.10 Å². The highest BCUT2D eigenvalue weighted by Gasteiger charge is 2.76. The van der Waals surface area contributed by atoms with Gasteiger partial charge in [-0.15, -0.1) is 0 Å². The summed E-state index contributed by atoms with van der Waals surface area (Å²) in [5.74, 6) is -0.577. The summed E-state index contributed by atoms with van der Waals surface area (Å²) in [6, 6.07) is 0. The number of carbonyl (C=O) groups is 4. The number of Topliss-reactive ketones (excluding diaryl/α,β-unsaturated/α-hetero) is 1. The summed E-state index contributed by atoms with van der Waals surface area (Å²) in [6.45, 7) is 13.4. The largest absolute Gasteiger partial charge is 0.462 e. The second-order valence-electron chi connectivity index (χ2n) is 20.9. The van der Waals surface area contributed by atoms with E-state index in [-0.39, 0.29) is 67.0 Å². The zero-order valence-electron chi connectivity index (χ0n) is 41.3. The van der Waals surface area contributed by atoms with E-state index >= 15 is 0 Å². The van der Waals surface area contributed by atoms with Gasteiger partial charge >= 0.3 is 11.9 Å². The number of ether oxygens (including phenoxy) is 4.